The first-order valence-corrected chi connectivity index (χ1v) is 6.80. The highest BCUT2D eigenvalue weighted by atomic mass is 79.9. The first kappa shape index (κ1) is 11.8. The highest BCUT2D eigenvalue weighted by Gasteiger charge is 2.06. The average molecular weight is 296 g/mol. The van der Waals surface area contributed by atoms with Crippen molar-refractivity contribution < 1.29 is 0 Å². The molecule has 0 aliphatic heterocycles. The molecule has 1 atom stereocenters. The van der Waals surface area contributed by atoms with E-state index in [4.69, 9.17) is 5.73 Å². The molecule has 1 nitrogen and oxygen atoms in total. The van der Waals surface area contributed by atoms with Crippen molar-refractivity contribution in [1.29, 1.82) is 0 Å². The maximum absolute atomic E-state index is 5.86. The van der Waals surface area contributed by atoms with Gasteiger partial charge >= 0.3 is 0 Å². The highest BCUT2D eigenvalue weighted by Crippen LogP contribution is 2.32. The van der Waals surface area contributed by atoms with Crippen molar-refractivity contribution in [3.63, 3.8) is 0 Å². The van der Waals surface area contributed by atoms with Crippen LogP contribution in [0.15, 0.2) is 34.8 Å². The fraction of sp³-hybridized carbons (Fsp3) is 0.231. The van der Waals surface area contributed by atoms with Crippen molar-refractivity contribution in [2.24, 2.45) is 5.73 Å². The van der Waals surface area contributed by atoms with Gasteiger partial charge in [0, 0.05) is 20.3 Å². The van der Waals surface area contributed by atoms with Gasteiger partial charge < -0.3 is 5.73 Å². The van der Waals surface area contributed by atoms with E-state index in [-0.39, 0.29) is 6.04 Å². The molecule has 0 saturated carbocycles. The normalized spacial score (nSPS) is 12.8. The van der Waals surface area contributed by atoms with E-state index >= 15 is 0 Å². The minimum absolute atomic E-state index is 0.121. The largest absolute Gasteiger partial charge is 0.324 e. The first-order chi connectivity index (χ1) is 7.58. The molecule has 3 heteroatoms. The number of benzene rings is 1. The number of rotatable bonds is 2. The molecule has 0 radical (unpaired) electrons. The van der Waals surface area contributed by atoms with E-state index in [1.807, 2.05) is 6.92 Å². The Bertz CT molecular complexity index is 502. The van der Waals surface area contributed by atoms with Gasteiger partial charge in [-0.1, -0.05) is 22.0 Å². The molecule has 1 unspecified atom stereocenters. The molecule has 0 bridgehead atoms. The molecule has 0 amide bonds. The third kappa shape index (κ3) is 2.37. The maximum atomic E-state index is 5.86. The van der Waals surface area contributed by atoms with Crippen molar-refractivity contribution in [1.82, 2.24) is 0 Å². The van der Waals surface area contributed by atoms with E-state index in [1.54, 1.807) is 11.3 Å². The number of thiophene rings is 1. The molecule has 0 fully saturated rings. The van der Waals surface area contributed by atoms with Gasteiger partial charge in [-0.25, -0.2) is 0 Å². The van der Waals surface area contributed by atoms with Crippen LogP contribution in [0.4, 0.5) is 0 Å². The molecule has 0 saturated heterocycles. The molecule has 0 aliphatic rings. The van der Waals surface area contributed by atoms with Crippen LogP contribution >= 0.6 is 27.3 Å². The summed E-state index contributed by atoms with van der Waals surface area (Å²) in [4.78, 5) is 2.51. The quantitative estimate of drug-likeness (QED) is 0.867. The zero-order valence-corrected chi connectivity index (χ0v) is 11.7. The van der Waals surface area contributed by atoms with Crippen LogP contribution in [0.25, 0.3) is 10.4 Å². The van der Waals surface area contributed by atoms with Crippen LogP contribution in [0, 0.1) is 6.92 Å². The Morgan fingerprint density at radius 2 is 2.00 bits per heavy atom. The van der Waals surface area contributed by atoms with Gasteiger partial charge in [0.15, 0.2) is 0 Å². The minimum Gasteiger partial charge on any atom is -0.324 e. The van der Waals surface area contributed by atoms with E-state index in [0.717, 1.165) is 4.47 Å². The molecular weight excluding hydrogens is 282 g/mol. The Labute approximate surface area is 108 Å². The topological polar surface area (TPSA) is 26.0 Å². The molecule has 0 spiro atoms. The maximum Gasteiger partial charge on any atom is 0.0361 e. The number of aryl methyl sites for hydroxylation is 1. The summed E-state index contributed by atoms with van der Waals surface area (Å²) in [5.74, 6) is 0. The van der Waals surface area contributed by atoms with Gasteiger partial charge in [-0.05, 0) is 49.2 Å². The molecular formula is C13H14BrNS. The van der Waals surface area contributed by atoms with Gasteiger partial charge in [0.2, 0.25) is 0 Å². The summed E-state index contributed by atoms with van der Waals surface area (Å²) < 4.78 is 1.15. The number of hydrogen-bond acceptors (Lipinski definition) is 2. The summed E-state index contributed by atoms with van der Waals surface area (Å²) in [5, 5.41) is 0. The molecule has 16 heavy (non-hydrogen) atoms. The fourth-order valence-electron chi connectivity index (χ4n) is 1.55. The lowest BCUT2D eigenvalue weighted by molar-refractivity contribution is 0.838. The summed E-state index contributed by atoms with van der Waals surface area (Å²) >= 11 is 5.28. The summed E-state index contributed by atoms with van der Waals surface area (Å²) in [7, 11) is 0. The van der Waals surface area contributed by atoms with Gasteiger partial charge in [-0.15, -0.1) is 11.3 Å². The Kier molecular flexibility index (Phi) is 3.47. The van der Waals surface area contributed by atoms with Gasteiger partial charge in [0.25, 0.3) is 0 Å². The second-order valence-corrected chi connectivity index (χ2v) is 5.92. The lowest BCUT2D eigenvalue weighted by atomic mass is 10.1. The van der Waals surface area contributed by atoms with Crippen LogP contribution in [0.1, 0.15) is 23.4 Å². The molecule has 1 aromatic carbocycles. The second-order valence-electron chi connectivity index (χ2n) is 3.95. The lowest BCUT2D eigenvalue weighted by Crippen LogP contribution is -2.01. The average Bonchev–Trinajstić information content (AvgIpc) is 2.71. The smallest absolute Gasteiger partial charge is 0.0361 e. The Morgan fingerprint density at radius 1 is 1.25 bits per heavy atom. The number of hydrogen-bond donors (Lipinski definition) is 1. The van der Waals surface area contributed by atoms with Crippen LogP contribution < -0.4 is 5.73 Å². The van der Waals surface area contributed by atoms with E-state index in [0.29, 0.717) is 0 Å². The van der Waals surface area contributed by atoms with Crippen molar-refractivity contribution in [3.05, 3.63) is 45.2 Å². The van der Waals surface area contributed by atoms with Crippen molar-refractivity contribution in [2.75, 3.05) is 0 Å². The standard InChI is InChI=1S/C13H14BrNS/c1-8-7-10(3-4-11(8)14)13-6-5-12(16-13)9(2)15/h3-7,9H,15H2,1-2H3. The fourth-order valence-corrected chi connectivity index (χ4v) is 2.75. The van der Waals surface area contributed by atoms with Crippen molar-refractivity contribution >= 4 is 27.3 Å². The molecule has 0 aliphatic carbocycles. The predicted octanol–water partition coefficient (Wildman–Crippen LogP) is 4.51. The van der Waals surface area contributed by atoms with E-state index in [1.165, 1.54) is 20.9 Å². The Hall–Kier alpha value is -0.640. The molecule has 1 heterocycles. The van der Waals surface area contributed by atoms with Crippen molar-refractivity contribution in [3.8, 4) is 10.4 Å². The van der Waals surface area contributed by atoms with Gasteiger partial charge in [-0.2, -0.15) is 0 Å². The molecule has 2 N–H and O–H groups in total. The third-order valence-corrected chi connectivity index (χ3v) is 4.74. The van der Waals surface area contributed by atoms with Gasteiger partial charge in [0.1, 0.15) is 0 Å². The third-order valence-electron chi connectivity index (χ3n) is 2.52. The Balaban J connectivity index is 2.39. The summed E-state index contributed by atoms with van der Waals surface area (Å²) in [6.07, 6.45) is 0. The van der Waals surface area contributed by atoms with Crippen LogP contribution in [-0.2, 0) is 0 Å². The van der Waals surface area contributed by atoms with Crippen LogP contribution in [0.5, 0.6) is 0 Å². The van der Waals surface area contributed by atoms with Crippen LogP contribution in [0.2, 0.25) is 0 Å². The van der Waals surface area contributed by atoms with Gasteiger partial charge in [-0.3, -0.25) is 0 Å². The molecule has 1 aromatic heterocycles. The van der Waals surface area contributed by atoms with Crippen LogP contribution in [-0.4, -0.2) is 0 Å². The summed E-state index contributed by atoms with van der Waals surface area (Å²) in [6, 6.07) is 10.8. The van der Waals surface area contributed by atoms with Gasteiger partial charge in [0.05, 0.1) is 0 Å². The Morgan fingerprint density at radius 3 is 2.56 bits per heavy atom. The first-order valence-electron chi connectivity index (χ1n) is 5.20. The molecule has 2 rings (SSSR count). The molecule has 2 aromatic rings. The predicted molar refractivity (Wildman–Crippen MR) is 74.8 cm³/mol. The number of nitrogens with two attached hydrogens (primary N) is 1. The zero-order chi connectivity index (χ0) is 11.7. The second kappa shape index (κ2) is 4.70. The highest BCUT2D eigenvalue weighted by molar-refractivity contribution is 9.10. The van der Waals surface area contributed by atoms with E-state index in [9.17, 15) is 0 Å². The van der Waals surface area contributed by atoms with Crippen LogP contribution in [0.3, 0.4) is 0 Å². The zero-order valence-electron chi connectivity index (χ0n) is 9.33. The lowest BCUT2D eigenvalue weighted by Gasteiger charge is -2.02. The van der Waals surface area contributed by atoms with Crippen molar-refractivity contribution in [2.45, 2.75) is 19.9 Å². The number of halogens is 1. The summed E-state index contributed by atoms with van der Waals surface area (Å²) in [6.45, 7) is 4.12. The summed E-state index contributed by atoms with van der Waals surface area (Å²) in [5.41, 5.74) is 8.38. The monoisotopic (exact) mass is 295 g/mol. The molecule has 84 valence electrons. The van der Waals surface area contributed by atoms with E-state index in [2.05, 4.69) is 53.2 Å². The minimum atomic E-state index is 0.121. The van der Waals surface area contributed by atoms with E-state index < -0.39 is 0 Å². The SMILES string of the molecule is Cc1cc(-c2ccc(C(C)N)s2)ccc1Br.